The Labute approximate surface area is 126 Å². The second-order valence-electron chi connectivity index (χ2n) is 4.93. The predicted molar refractivity (Wildman–Crippen MR) is 76.9 cm³/mol. The van der Waals surface area contributed by atoms with Crippen molar-refractivity contribution in [2.24, 2.45) is 0 Å². The van der Waals surface area contributed by atoms with Gasteiger partial charge in [-0.3, -0.25) is 0 Å². The summed E-state index contributed by atoms with van der Waals surface area (Å²) in [5.41, 5.74) is 0. The molecule has 0 saturated heterocycles. The molecule has 0 saturated carbocycles. The molecule has 0 amide bonds. The lowest BCUT2D eigenvalue weighted by Gasteiger charge is -2.08. The number of sulfonamides is 1. The summed E-state index contributed by atoms with van der Waals surface area (Å²) in [5.74, 6) is 0. The van der Waals surface area contributed by atoms with Crippen LogP contribution >= 0.6 is 11.3 Å². The van der Waals surface area contributed by atoms with Crippen LogP contribution in [0.15, 0.2) is 11.0 Å². The number of hydrogen-bond donors (Lipinski definition) is 2. The van der Waals surface area contributed by atoms with Crippen LogP contribution in [0.1, 0.15) is 30.0 Å². The van der Waals surface area contributed by atoms with Crippen molar-refractivity contribution in [2.75, 3.05) is 6.54 Å². The number of rotatable bonds is 7. The van der Waals surface area contributed by atoms with Gasteiger partial charge in [-0.1, -0.05) is 13.8 Å². The molecule has 0 aliphatic heterocycles. The summed E-state index contributed by atoms with van der Waals surface area (Å²) < 4.78 is 62.1. The van der Waals surface area contributed by atoms with E-state index in [1.807, 2.05) is 18.6 Å². The van der Waals surface area contributed by atoms with E-state index in [4.69, 9.17) is 0 Å². The Kier molecular flexibility index (Phi) is 6.21. The van der Waals surface area contributed by atoms with Gasteiger partial charge in [0.15, 0.2) is 0 Å². The number of halogens is 3. The van der Waals surface area contributed by atoms with Gasteiger partial charge < -0.3 is 5.32 Å². The number of hydrogen-bond acceptors (Lipinski definition) is 4. The first-order valence-electron chi connectivity index (χ1n) is 6.40. The molecule has 122 valence electrons. The van der Waals surface area contributed by atoms with Crippen LogP contribution in [0, 0.1) is 6.92 Å². The topological polar surface area (TPSA) is 58.2 Å². The van der Waals surface area contributed by atoms with Gasteiger partial charge in [-0.05, 0) is 13.0 Å². The minimum atomic E-state index is -4.38. The van der Waals surface area contributed by atoms with Gasteiger partial charge in [0.25, 0.3) is 0 Å². The zero-order chi connectivity index (χ0) is 16.3. The molecule has 0 aliphatic rings. The Bertz CT molecular complexity index is 566. The molecule has 0 fully saturated rings. The molecule has 0 atom stereocenters. The van der Waals surface area contributed by atoms with Crippen LogP contribution in [0.3, 0.4) is 0 Å². The Hall–Kier alpha value is -0.640. The maximum absolute atomic E-state index is 12.1. The Morgan fingerprint density at radius 2 is 1.95 bits per heavy atom. The van der Waals surface area contributed by atoms with Crippen LogP contribution in [0.2, 0.25) is 0 Å². The SMILES string of the molecule is Cc1sc(CNC(C)C)cc1S(=O)(=O)NCCC(F)(F)F. The standard InChI is InChI=1S/C12H19F3N2O2S2/c1-8(2)16-7-10-6-11(9(3)20-10)21(18,19)17-5-4-12(13,14)15/h6,8,16-17H,4-5,7H2,1-3H3. The first-order valence-corrected chi connectivity index (χ1v) is 8.70. The first kappa shape index (κ1) is 18.4. The van der Waals surface area contributed by atoms with E-state index in [-0.39, 0.29) is 10.9 Å². The summed E-state index contributed by atoms with van der Waals surface area (Å²) in [6, 6.07) is 1.77. The minimum Gasteiger partial charge on any atom is -0.310 e. The van der Waals surface area contributed by atoms with Gasteiger partial charge in [0, 0.05) is 28.9 Å². The second-order valence-corrected chi connectivity index (χ2v) is 8.01. The van der Waals surface area contributed by atoms with Crippen molar-refractivity contribution in [3.8, 4) is 0 Å². The van der Waals surface area contributed by atoms with E-state index < -0.39 is 29.2 Å². The van der Waals surface area contributed by atoms with Gasteiger partial charge in [0.1, 0.15) is 0 Å². The summed E-state index contributed by atoms with van der Waals surface area (Å²) in [4.78, 5) is 1.45. The molecule has 1 heterocycles. The second kappa shape index (κ2) is 7.08. The molecular weight excluding hydrogens is 325 g/mol. The van der Waals surface area contributed by atoms with E-state index in [1.165, 1.54) is 17.4 Å². The normalized spacial score (nSPS) is 13.1. The summed E-state index contributed by atoms with van der Waals surface area (Å²) in [6.45, 7) is 5.46. The Morgan fingerprint density at radius 1 is 1.33 bits per heavy atom. The molecule has 1 rings (SSSR count). The van der Waals surface area contributed by atoms with Crippen LogP contribution < -0.4 is 10.0 Å². The van der Waals surface area contributed by atoms with Gasteiger partial charge in [-0.2, -0.15) is 13.2 Å². The fourth-order valence-corrected chi connectivity index (χ4v) is 4.20. The molecule has 21 heavy (non-hydrogen) atoms. The van der Waals surface area contributed by atoms with E-state index in [2.05, 4.69) is 5.32 Å². The molecule has 0 unspecified atom stereocenters. The zero-order valence-electron chi connectivity index (χ0n) is 12.0. The lowest BCUT2D eigenvalue weighted by atomic mass is 10.3. The van der Waals surface area contributed by atoms with E-state index >= 15 is 0 Å². The molecule has 0 radical (unpaired) electrons. The quantitative estimate of drug-likeness (QED) is 0.800. The fourth-order valence-electron chi connectivity index (χ4n) is 1.59. The lowest BCUT2D eigenvalue weighted by molar-refractivity contribution is -0.132. The molecule has 0 aromatic carbocycles. The number of nitrogens with one attached hydrogen (secondary N) is 2. The highest BCUT2D eigenvalue weighted by atomic mass is 32.2. The summed E-state index contributed by atoms with van der Waals surface area (Å²) in [6.07, 6.45) is -5.56. The maximum Gasteiger partial charge on any atom is 0.390 e. The number of alkyl halides is 3. The third-order valence-electron chi connectivity index (χ3n) is 2.60. The number of thiophene rings is 1. The van der Waals surface area contributed by atoms with Gasteiger partial charge in [0.05, 0.1) is 11.3 Å². The zero-order valence-corrected chi connectivity index (χ0v) is 13.7. The number of aryl methyl sites for hydroxylation is 1. The van der Waals surface area contributed by atoms with Crippen molar-refractivity contribution in [1.29, 1.82) is 0 Å². The third-order valence-corrected chi connectivity index (χ3v) is 5.36. The first-order chi connectivity index (χ1) is 9.51. The van der Waals surface area contributed by atoms with E-state index in [1.54, 1.807) is 6.92 Å². The monoisotopic (exact) mass is 344 g/mol. The van der Waals surface area contributed by atoms with Crippen LogP contribution in [0.4, 0.5) is 13.2 Å². The van der Waals surface area contributed by atoms with Crippen molar-refractivity contribution in [3.05, 3.63) is 15.8 Å². The van der Waals surface area contributed by atoms with E-state index in [0.29, 0.717) is 11.4 Å². The average Bonchev–Trinajstić information content (AvgIpc) is 2.66. The maximum atomic E-state index is 12.1. The van der Waals surface area contributed by atoms with E-state index in [0.717, 1.165) is 4.88 Å². The van der Waals surface area contributed by atoms with Crippen molar-refractivity contribution in [1.82, 2.24) is 10.0 Å². The molecule has 0 aliphatic carbocycles. The van der Waals surface area contributed by atoms with Crippen LogP contribution in [-0.4, -0.2) is 27.2 Å². The lowest BCUT2D eigenvalue weighted by Crippen LogP contribution is -2.28. The average molecular weight is 344 g/mol. The summed E-state index contributed by atoms with van der Waals surface area (Å²) >= 11 is 1.32. The fraction of sp³-hybridized carbons (Fsp3) is 0.667. The minimum absolute atomic E-state index is 0.0511. The molecule has 1 aromatic rings. The van der Waals surface area contributed by atoms with Crippen molar-refractivity contribution >= 4 is 21.4 Å². The van der Waals surface area contributed by atoms with Crippen LogP contribution in [-0.2, 0) is 16.6 Å². The molecule has 0 spiro atoms. The molecule has 2 N–H and O–H groups in total. The largest absolute Gasteiger partial charge is 0.390 e. The summed E-state index contributed by atoms with van der Waals surface area (Å²) in [7, 11) is -3.90. The molecule has 9 heteroatoms. The molecule has 1 aromatic heterocycles. The highest BCUT2D eigenvalue weighted by molar-refractivity contribution is 7.89. The van der Waals surface area contributed by atoms with Gasteiger partial charge >= 0.3 is 6.18 Å². The van der Waals surface area contributed by atoms with Gasteiger partial charge in [-0.15, -0.1) is 11.3 Å². The van der Waals surface area contributed by atoms with Crippen LogP contribution in [0.5, 0.6) is 0 Å². The highest BCUT2D eigenvalue weighted by Gasteiger charge is 2.28. The smallest absolute Gasteiger partial charge is 0.310 e. The van der Waals surface area contributed by atoms with Gasteiger partial charge in [-0.25, -0.2) is 13.1 Å². The summed E-state index contributed by atoms with van der Waals surface area (Å²) in [5, 5.41) is 3.16. The Morgan fingerprint density at radius 3 is 2.48 bits per heavy atom. The van der Waals surface area contributed by atoms with Crippen LogP contribution in [0.25, 0.3) is 0 Å². The van der Waals surface area contributed by atoms with E-state index in [9.17, 15) is 21.6 Å². The molecular formula is C12H19F3N2O2S2. The van der Waals surface area contributed by atoms with Crippen molar-refractivity contribution in [2.45, 2.75) is 50.9 Å². The third kappa shape index (κ3) is 6.33. The predicted octanol–water partition coefficient (Wildman–Crippen LogP) is 2.79. The van der Waals surface area contributed by atoms with Crippen molar-refractivity contribution in [3.63, 3.8) is 0 Å². The Balaban J connectivity index is 2.74. The highest BCUT2D eigenvalue weighted by Crippen LogP contribution is 2.26. The molecule has 4 nitrogen and oxygen atoms in total. The molecule has 0 bridgehead atoms. The van der Waals surface area contributed by atoms with Gasteiger partial charge in [0.2, 0.25) is 10.0 Å². The van der Waals surface area contributed by atoms with Crippen molar-refractivity contribution < 1.29 is 21.6 Å².